The summed E-state index contributed by atoms with van der Waals surface area (Å²) in [5.41, 5.74) is 4.82. The van der Waals surface area contributed by atoms with Gasteiger partial charge in [-0.1, -0.05) is 35.9 Å². The summed E-state index contributed by atoms with van der Waals surface area (Å²) in [6.07, 6.45) is 0.404. The lowest BCUT2D eigenvalue weighted by molar-refractivity contribution is -0.128. The van der Waals surface area contributed by atoms with Crippen molar-refractivity contribution in [3.05, 3.63) is 94.0 Å². The smallest absolute Gasteiger partial charge is 0.223 e. The van der Waals surface area contributed by atoms with E-state index in [9.17, 15) is 9.18 Å². The predicted molar refractivity (Wildman–Crippen MR) is 135 cm³/mol. The highest BCUT2D eigenvalue weighted by atomic mass is 35.5. The molecule has 2 heterocycles. The van der Waals surface area contributed by atoms with Crippen LogP contribution in [0.1, 0.15) is 34.9 Å². The highest BCUT2D eigenvalue weighted by molar-refractivity contribution is 6.32. The lowest BCUT2D eigenvalue weighted by Gasteiger charge is -2.18. The number of hydrogen-bond donors (Lipinski definition) is 0. The van der Waals surface area contributed by atoms with Gasteiger partial charge in [-0.25, -0.2) is 9.37 Å². The second kappa shape index (κ2) is 9.70. The van der Waals surface area contributed by atoms with Gasteiger partial charge in [-0.2, -0.15) is 0 Å². The van der Waals surface area contributed by atoms with Crippen molar-refractivity contribution in [2.45, 2.75) is 39.3 Å². The van der Waals surface area contributed by atoms with Crippen molar-refractivity contribution in [3.63, 3.8) is 0 Å². The Hall–Kier alpha value is -3.38. The first kappa shape index (κ1) is 23.4. The second-order valence-corrected chi connectivity index (χ2v) is 9.51. The summed E-state index contributed by atoms with van der Waals surface area (Å²) in [6.45, 7) is 6.06. The van der Waals surface area contributed by atoms with Crippen molar-refractivity contribution in [3.8, 4) is 5.75 Å². The van der Waals surface area contributed by atoms with Crippen molar-refractivity contribution in [2.24, 2.45) is 0 Å². The van der Waals surface area contributed by atoms with Crippen LogP contribution in [-0.2, 0) is 17.9 Å². The van der Waals surface area contributed by atoms with E-state index in [1.54, 1.807) is 12.1 Å². The number of rotatable bonds is 7. The molecule has 0 N–H and O–H groups in total. The maximum Gasteiger partial charge on any atom is 0.223 e. The summed E-state index contributed by atoms with van der Waals surface area (Å²) in [6, 6.07) is 18.2. The van der Waals surface area contributed by atoms with Crippen molar-refractivity contribution >= 4 is 28.5 Å². The third-order valence-electron chi connectivity index (χ3n) is 6.54. The molecule has 1 aliphatic heterocycles. The number of carbonyl (C=O) groups is 1. The number of aryl methyl sites for hydroxylation is 2. The molecule has 0 bridgehead atoms. The number of carbonyl (C=O) groups excluding carboxylic acids is 1. The van der Waals surface area contributed by atoms with Gasteiger partial charge in [0, 0.05) is 30.5 Å². The number of halogens is 2. The summed E-state index contributed by atoms with van der Waals surface area (Å²) in [4.78, 5) is 19.6. The number of likely N-dealkylation sites (tertiary alicyclic amines) is 1. The van der Waals surface area contributed by atoms with Gasteiger partial charge in [0.15, 0.2) is 0 Å². The molecular weight excluding hydrogens is 465 g/mol. The molecule has 5 rings (SSSR count). The fourth-order valence-corrected chi connectivity index (χ4v) is 4.90. The fourth-order valence-electron chi connectivity index (χ4n) is 4.79. The van der Waals surface area contributed by atoms with Crippen LogP contribution in [0.25, 0.3) is 11.0 Å². The molecule has 1 atom stereocenters. The van der Waals surface area contributed by atoms with Crippen molar-refractivity contribution in [2.75, 3.05) is 13.2 Å². The molecule has 0 saturated carbocycles. The molecule has 0 spiro atoms. The Morgan fingerprint density at radius 2 is 1.80 bits per heavy atom. The zero-order valence-electron chi connectivity index (χ0n) is 19.8. The summed E-state index contributed by atoms with van der Waals surface area (Å²) < 4.78 is 21.5. The number of imidazole rings is 1. The zero-order valence-corrected chi connectivity index (χ0v) is 20.6. The van der Waals surface area contributed by atoms with E-state index in [1.807, 2.05) is 49.1 Å². The Kier molecular flexibility index (Phi) is 6.48. The average molecular weight is 492 g/mol. The van der Waals surface area contributed by atoms with E-state index < -0.39 is 0 Å². The Morgan fingerprint density at radius 1 is 1.09 bits per heavy atom. The third kappa shape index (κ3) is 4.89. The molecule has 1 saturated heterocycles. The van der Waals surface area contributed by atoms with Gasteiger partial charge in [-0.05, 0) is 66.9 Å². The van der Waals surface area contributed by atoms with Crippen LogP contribution in [0.4, 0.5) is 4.39 Å². The van der Waals surface area contributed by atoms with E-state index in [4.69, 9.17) is 21.3 Å². The molecule has 1 aromatic heterocycles. The van der Waals surface area contributed by atoms with Crippen LogP contribution in [0.3, 0.4) is 0 Å². The van der Waals surface area contributed by atoms with Crippen molar-refractivity contribution < 1.29 is 13.9 Å². The van der Waals surface area contributed by atoms with Gasteiger partial charge in [0.25, 0.3) is 0 Å². The van der Waals surface area contributed by atoms with Gasteiger partial charge in [0.05, 0.1) is 17.6 Å². The van der Waals surface area contributed by atoms with Crippen LogP contribution in [0, 0.1) is 19.7 Å². The minimum absolute atomic E-state index is 0.0182. The lowest BCUT2D eigenvalue weighted by atomic mass is 10.1. The molecule has 180 valence electrons. The van der Waals surface area contributed by atoms with Gasteiger partial charge < -0.3 is 14.2 Å². The van der Waals surface area contributed by atoms with Crippen molar-refractivity contribution in [1.82, 2.24) is 14.5 Å². The lowest BCUT2D eigenvalue weighted by Crippen LogP contribution is -2.24. The molecule has 5 nitrogen and oxygen atoms in total. The highest BCUT2D eigenvalue weighted by Gasteiger charge is 2.34. The average Bonchev–Trinajstić information content (AvgIpc) is 3.39. The SMILES string of the molecule is Cc1cc(OCCn2c(C3CC(=O)N(Cc4ccc(F)cc4)C3)nc3ccccc32)cc(C)c1Cl. The Bertz CT molecular complexity index is 1360. The van der Waals surface area contributed by atoms with Gasteiger partial charge in [-0.3, -0.25) is 4.79 Å². The van der Waals surface area contributed by atoms with E-state index >= 15 is 0 Å². The number of nitrogens with zero attached hydrogens (tertiary/aromatic N) is 3. The fraction of sp³-hybridized carbons (Fsp3) is 0.286. The van der Waals surface area contributed by atoms with Gasteiger partial charge in [-0.15, -0.1) is 0 Å². The van der Waals surface area contributed by atoms with Crippen LogP contribution in [0.5, 0.6) is 5.75 Å². The van der Waals surface area contributed by atoms with Crippen LogP contribution in [-0.4, -0.2) is 33.5 Å². The predicted octanol–water partition coefficient (Wildman–Crippen LogP) is 6.04. The van der Waals surface area contributed by atoms with Crippen LogP contribution < -0.4 is 4.74 Å². The number of ether oxygens (including phenoxy) is 1. The summed E-state index contributed by atoms with van der Waals surface area (Å²) in [5.74, 6) is 1.47. The van der Waals surface area contributed by atoms with E-state index in [0.717, 1.165) is 44.3 Å². The quantitative estimate of drug-likeness (QED) is 0.316. The monoisotopic (exact) mass is 491 g/mol. The molecule has 7 heteroatoms. The normalized spacial score (nSPS) is 15.8. The first-order valence-corrected chi connectivity index (χ1v) is 12.1. The largest absolute Gasteiger partial charge is 0.492 e. The molecular formula is C28H27ClFN3O2. The minimum Gasteiger partial charge on any atom is -0.492 e. The van der Waals surface area contributed by atoms with Gasteiger partial charge in [0.1, 0.15) is 24.0 Å². The molecule has 35 heavy (non-hydrogen) atoms. The first-order chi connectivity index (χ1) is 16.9. The standard InChI is InChI=1S/C28H27ClFN3O2/c1-18-13-23(14-19(2)27(18)29)35-12-11-33-25-6-4-3-5-24(25)31-28(33)21-15-26(34)32(17-21)16-20-7-9-22(30)10-8-20/h3-10,13-14,21H,11-12,15-17H2,1-2H3. The zero-order chi connectivity index (χ0) is 24.5. The summed E-state index contributed by atoms with van der Waals surface area (Å²) >= 11 is 6.29. The molecule has 0 radical (unpaired) electrons. The van der Waals surface area contributed by atoms with E-state index in [-0.39, 0.29) is 17.6 Å². The maximum atomic E-state index is 13.3. The number of hydrogen-bond acceptors (Lipinski definition) is 3. The second-order valence-electron chi connectivity index (χ2n) is 9.13. The first-order valence-electron chi connectivity index (χ1n) is 11.8. The molecule has 0 aliphatic carbocycles. The third-order valence-corrected chi connectivity index (χ3v) is 7.14. The summed E-state index contributed by atoms with van der Waals surface area (Å²) in [7, 11) is 0. The van der Waals surface area contributed by atoms with E-state index in [2.05, 4.69) is 10.6 Å². The van der Waals surface area contributed by atoms with Crippen molar-refractivity contribution in [1.29, 1.82) is 0 Å². The molecule has 3 aromatic carbocycles. The van der Waals surface area contributed by atoms with Gasteiger partial charge >= 0.3 is 0 Å². The number of fused-ring (bicyclic) bond motifs is 1. The summed E-state index contributed by atoms with van der Waals surface area (Å²) in [5, 5.41) is 0.760. The van der Waals surface area contributed by atoms with E-state index in [1.165, 1.54) is 12.1 Å². The molecule has 1 amide bonds. The molecule has 4 aromatic rings. The number of para-hydroxylation sites is 2. The minimum atomic E-state index is -0.278. The molecule has 1 aliphatic rings. The van der Waals surface area contributed by atoms with E-state index in [0.29, 0.717) is 32.7 Å². The highest BCUT2D eigenvalue weighted by Crippen LogP contribution is 2.32. The van der Waals surface area contributed by atoms with Crippen LogP contribution in [0.15, 0.2) is 60.7 Å². The Labute approximate surface area is 209 Å². The van der Waals surface area contributed by atoms with Crippen LogP contribution in [0.2, 0.25) is 5.02 Å². The maximum absolute atomic E-state index is 13.3. The van der Waals surface area contributed by atoms with Crippen LogP contribution >= 0.6 is 11.6 Å². The topological polar surface area (TPSA) is 47.4 Å². The Balaban J connectivity index is 1.35. The van der Waals surface area contributed by atoms with Gasteiger partial charge in [0.2, 0.25) is 5.91 Å². The molecule has 1 fully saturated rings. The number of benzene rings is 3. The molecule has 1 unspecified atom stereocenters. The number of amides is 1. The number of aromatic nitrogens is 2. The Morgan fingerprint density at radius 3 is 2.54 bits per heavy atom.